The molecule has 1 aliphatic heterocycles. The van der Waals surface area contributed by atoms with Gasteiger partial charge in [-0.15, -0.1) is 0 Å². The largest absolute Gasteiger partial charge is 0.447 e. The van der Waals surface area contributed by atoms with Crippen molar-refractivity contribution in [2.24, 2.45) is 5.92 Å². The van der Waals surface area contributed by atoms with Gasteiger partial charge in [0.2, 0.25) is 5.91 Å². The van der Waals surface area contributed by atoms with E-state index in [1.165, 1.54) is 0 Å². The molecule has 1 aromatic carbocycles. The number of nitrogens with one attached hydrogen (secondary N) is 1. The standard InChI is InChI=1S/C19H25F3N2O4/c1-12(2)15-11-28-18(27)24(15)17(26)9-16(19(20,21)22)23-14(10-25)8-13-6-4-3-5-7-13/h3-7,12,14-16,23,25H,8-11H2,1-2H3/t14-,15+,16?/m0/s1. The van der Waals surface area contributed by atoms with Crippen LogP contribution in [0.5, 0.6) is 0 Å². The fraction of sp³-hybridized carbons (Fsp3) is 0.579. The Kier molecular flexibility index (Phi) is 7.42. The topological polar surface area (TPSA) is 78.9 Å². The van der Waals surface area contributed by atoms with E-state index in [-0.39, 0.29) is 18.9 Å². The summed E-state index contributed by atoms with van der Waals surface area (Å²) >= 11 is 0. The number of alkyl halides is 3. The maximum Gasteiger partial charge on any atom is 0.416 e. The summed E-state index contributed by atoms with van der Waals surface area (Å²) in [5, 5.41) is 11.8. The summed E-state index contributed by atoms with van der Waals surface area (Å²) in [6.07, 6.45) is -6.44. The number of cyclic esters (lactones) is 1. The average Bonchev–Trinajstić information content (AvgIpc) is 3.02. The van der Waals surface area contributed by atoms with Gasteiger partial charge in [0, 0.05) is 6.04 Å². The molecule has 2 rings (SSSR count). The minimum Gasteiger partial charge on any atom is -0.447 e. The number of hydrogen-bond donors (Lipinski definition) is 2. The molecular weight excluding hydrogens is 377 g/mol. The third-order valence-corrected chi connectivity index (χ3v) is 4.70. The van der Waals surface area contributed by atoms with Crippen LogP contribution in [0.1, 0.15) is 25.8 Å². The molecule has 6 nitrogen and oxygen atoms in total. The van der Waals surface area contributed by atoms with Crippen LogP contribution >= 0.6 is 0 Å². The molecule has 0 bridgehead atoms. The van der Waals surface area contributed by atoms with Crippen molar-refractivity contribution in [2.75, 3.05) is 13.2 Å². The van der Waals surface area contributed by atoms with E-state index in [0.717, 1.165) is 10.5 Å². The number of imide groups is 1. The Hall–Kier alpha value is -2.13. The van der Waals surface area contributed by atoms with Gasteiger partial charge in [-0.25, -0.2) is 9.69 Å². The van der Waals surface area contributed by atoms with E-state index in [1.54, 1.807) is 44.2 Å². The van der Waals surface area contributed by atoms with Gasteiger partial charge in [0.05, 0.1) is 19.1 Å². The van der Waals surface area contributed by atoms with Gasteiger partial charge in [0.25, 0.3) is 0 Å². The van der Waals surface area contributed by atoms with E-state index in [9.17, 15) is 27.9 Å². The lowest BCUT2D eigenvalue weighted by Gasteiger charge is -2.29. The van der Waals surface area contributed by atoms with E-state index in [2.05, 4.69) is 5.32 Å². The normalized spacial score (nSPS) is 19.6. The van der Waals surface area contributed by atoms with Crippen LogP contribution in [0.4, 0.5) is 18.0 Å². The molecule has 1 fully saturated rings. The lowest BCUT2D eigenvalue weighted by atomic mass is 10.0. The Balaban J connectivity index is 2.10. The molecule has 3 atom stereocenters. The van der Waals surface area contributed by atoms with Crippen molar-refractivity contribution in [3.8, 4) is 0 Å². The highest BCUT2D eigenvalue weighted by Crippen LogP contribution is 2.27. The Morgan fingerprint density at radius 1 is 1.32 bits per heavy atom. The number of rotatable bonds is 8. The second-order valence-corrected chi connectivity index (χ2v) is 7.19. The van der Waals surface area contributed by atoms with Crippen LogP contribution in [0, 0.1) is 5.92 Å². The molecule has 2 amide bonds. The average molecular weight is 402 g/mol. The van der Waals surface area contributed by atoms with Crippen LogP contribution in [0.25, 0.3) is 0 Å². The Labute approximate surface area is 161 Å². The first-order chi connectivity index (χ1) is 13.1. The zero-order chi connectivity index (χ0) is 20.9. The number of amides is 2. The van der Waals surface area contributed by atoms with E-state index >= 15 is 0 Å². The van der Waals surface area contributed by atoms with Crippen LogP contribution in [-0.4, -0.2) is 59.5 Å². The van der Waals surface area contributed by atoms with Crippen molar-refractivity contribution in [3.05, 3.63) is 35.9 Å². The third-order valence-electron chi connectivity index (χ3n) is 4.70. The van der Waals surface area contributed by atoms with Crippen molar-refractivity contribution in [1.82, 2.24) is 10.2 Å². The second kappa shape index (κ2) is 9.38. The van der Waals surface area contributed by atoms with Gasteiger partial charge < -0.3 is 15.2 Å². The summed E-state index contributed by atoms with van der Waals surface area (Å²) in [6, 6.07) is 5.08. The summed E-state index contributed by atoms with van der Waals surface area (Å²) in [4.78, 5) is 25.1. The number of aliphatic hydroxyl groups is 1. The van der Waals surface area contributed by atoms with Crippen molar-refractivity contribution in [1.29, 1.82) is 0 Å². The Bertz CT molecular complexity index is 667. The van der Waals surface area contributed by atoms with Crippen molar-refractivity contribution < 1.29 is 32.6 Å². The molecule has 0 aliphatic carbocycles. The lowest BCUT2D eigenvalue weighted by Crippen LogP contribution is -2.53. The summed E-state index contributed by atoms with van der Waals surface area (Å²) in [5.74, 6) is -1.09. The van der Waals surface area contributed by atoms with Crippen LogP contribution in [-0.2, 0) is 16.0 Å². The Morgan fingerprint density at radius 2 is 1.96 bits per heavy atom. The highest BCUT2D eigenvalue weighted by atomic mass is 19.4. The molecular formula is C19H25F3N2O4. The summed E-state index contributed by atoms with van der Waals surface area (Å²) in [7, 11) is 0. The van der Waals surface area contributed by atoms with Crippen molar-refractivity contribution >= 4 is 12.0 Å². The first-order valence-corrected chi connectivity index (χ1v) is 9.09. The number of hydrogen-bond acceptors (Lipinski definition) is 5. The molecule has 1 saturated heterocycles. The maximum absolute atomic E-state index is 13.5. The molecule has 156 valence electrons. The zero-order valence-corrected chi connectivity index (χ0v) is 15.8. The number of halogens is 3. The molecule has 28 heavy (non-hydrogen) atoms. The van der Waals surface area contributed by atoms with Gasteiger partial charge in [-0.3, -0.25) is 4.79 Å². The van der Waals surface area contributed by atoms with Gasteiger partial charge in [-0.2, -0.15) is 13.2 Å². The van der Waals surface area contributed by atoms with Gasteiger partial charge in [0.1, 0.15) is 12.6 Å². The number of aliphatic hydroxyl groups excluding tert-OH is 1. The molecule has 0 saturated carbocycles. The van der Waals surface area contributed by atoms with Gasteiger partial charge in [0.15, 0.2) is 0 Å². The highest BCUT2D eigenvalue weighted by molar-refractivity contribution is 5.93. The van der Waals surface area contributed by atoms with E-state index in [4.69, 9.17) is 4.74 Å². The first kappa shape index (κ1) is 22.2. The minimum absolute atomic E-state index is 0.0281. The SMILES string of the molecule is CC(C)[C@H]1COC(=O)N1C(=O)CC(N[C@H](CO)Cc1ccccc1)C(F)(F)F. The maximum atomic E-state index is 13.5. The number of carbonyl (C=O) groups excluding carboxylic acids is 2. The van der Waals surface area contributed by atoms with Crippen LogP contribution in [0.2, 0.25) is 0 Å². The van der Waals surface area contributed by atoms with Gasteiger partial charge in [-0.1, -0.05) is 44.2 Å². The fourth-order valence-electron chi connectivity index (χ4n) is 3.11. The molecule has 1 aromatic rings. The third kappa shape index (κ3) is 5.68. The smallest absolute Gasteiger partial charge is 0.416 e. The Morgan fingerprint density at radius 3 is 2.50 bits per heavy atom. The molecule has 0 aromatic heterocycles. The highest BCUT2D eigenvalue weighted by Gasteiger charge is 2.46. The van der Waals surface area contributed by atoms with Crippen molar-refractivity contribution in [3.63, 3.8) is 0 Å². The summed E-state index contributed by atoms with van der Waals surface area (Å²) in [5.41, 5.74) is 0.754. The monoisotopic (exact) mass is 402 g/mol. The number of benzene rings is 1. The van der Waals surface area contributed by atoms with E-state index in [0.29, 0.717) is 0 Å². The zero-order valence-electron chi connectivity index (χ0n) is 15.8. The van der Waals surface area contributed by atoms with E-state index < -0.39 is 49.3 Å². The first-order valence-electron chi connectivity index (χ1n) is 9.09. The molecule has 0 spiro atoms. The molecule has 1 aliphatic rings. The number of nitrogens with zero attached hydrogens (tertiary/aromatic N) is 1. The number of carbonyl (C=O) groups is 2. The predicted octanol–water partition coefficient (Wildman–Crippen LogP) is 2.50. The second-order valence-electron chi connectivity index (χ2n) is 7.19. The minimum atomic E-state index is -4.73. The molecule has 9 heteroatoms. The molecule has 1 unspecified atom stereocenters. The van der Waals surface area contributed by atoms with Crippen LogP contribution < -0.4 is 5.32 Å². The van der Waals surface area contributed by atoms with Crippen LogP contribution in [0.15, 0.2) is 30.3 Å². The molecule has 1 heterocycles. The molecule has 2 N–H and O–H groups in total. The van der Waals surface area contributed by atoms with Crippen molar-refractivity contribution in [2.45, 2.75) is 51.0 Å². The predicted molar refractivity (Wildman–Crippen MR) is 95.4 cm³/mol. The number of ether oxygens (including phenoxy) is 1. The van der Waals surface area contributed by atoms with Gasteiger partial charge >= 0.3 is 12.3 Å². The van der Waals surface area contributed by atoms with Crippen LogP contribution in [0.3, 0.4) is 0 Å². The van der Waals surface area contributed by atoms with E-state index in [1.807, 2.05) is 0 Å². The molecule has 0 radical (unpaired) electrons. The lowest BCUT2D eigenvalue weighted by molar-refractivity contribution is -0.166. The van der Waals surface area contributed by atoms with Gasteiger partial charge in [-0.05, 0) is 17.9 Å². The summed E-state index contributed by atoms with van der Waals surface area (Å²) < 4.78 is 45.4. The fourth-order valence-corrected chi connectivity index (χ4v) is 3.11. The summed E-state index contributed by atoms with van der Waals surface area (Å²) in [6.45, 7) is 2.96. The quantitative estimate of drug-likeness (QED) is 0.699.